The van der Waals surface area contributed by atoms with Crippen LogP contribution in [0.3, 0.4) is 0 Å². The first-order valence-electron chi connectivity index (χ1n) is 4.44. The van der Waals surface area contributed by atoms with E-state index >= 15 is 0 Å². The molecule has 1 heterocycles. The standard InChI is InChI=1S/C11H9BrN2O/c1-15-11-7(5-12)2-3-10-9(11)4-8(6-13)14-10/h2-4,14H,5H2,1H3. The Balaban J connectivity index is 2.76. The van der Waals surface area contributed by atoms with Crippen LogP contribution >= 0.6 is 15.9 Å². The fourth-order valence-corrected chi connectivity index (χ4v) is 2.07. The van der Waals surface area contributed by atoms with Crippen LogP contribution in [-0.4, -0.2) is 12.1 Å². The van der Waals surface area contributed by atoms with E-state index in [4.69, 9.17) is 10.00 Å². The molecule has 0 fully saturated rings. The van der Waals surface area contributed by atoms with E-state index in [1.807, 2.05) is 12.1 Å². The molecule has 1 N–H and O–H groups in total. The molecule has 0 aliphatic carbocycles. The molecule has 0 unspecified atom stereocenters. The number of ether oxygens (including phenoxy) is 1. The predicted octanol–water partition coefficient (Wildman–Crippen LogP) is 2.94. The molecular weight excluding hydrogens is 256 g/mol. The van der Waals surface area contributed by atoms with Gasteiger partial charge in [0.15, 0.2) is 0 Å². The van der Waals surface area contributed by atoms with E-state index in [9.17, 15) is 0 Å². The summed E-state index contributed by atoms with van der Waals surface area (Å²) in [6.07, 6.45) is 0. The number of aromatic amines is 1. The number of halogens is 1. The van der Waals surface area contributed by atoms with Gasteiger partial charge in [-0.15, -0.1) is 0 Å². The van der Waals surface area contributed by atoms with E-state index in [2.05, 4.69) is 27.0 Å². The minimum absolute atomic E-state index is 0.551. The molecule has 0 saturated carbocycles. The largest absolute Gasteiger partial charge is 0.496 e. The Hall–Kier alpha value is -1.47. The Morgan fingerprint density at radius 3 is 2.93 bits per heavy atom. The Labute approximate surface area is 95.8 Å². The quantitative estimate of drug-likeness (QED) is 0.848. The number of hydrogen-bond donors (Lipinski definition) is 1. The summed E-state index contributed by atoms with van der Waals surface area (Å²) in [4.78, 5) is 3.01. The molecule has 0 aliphatic heterocycles. The minimum atomic E-state index is 0.551. The van der Waals surface area contributed by atoms with Gasteiger partial charge in [0.1, 0.15) is 17.5 Å². The number of benzene rings is 1. The van der Waals surface area contributed by atoms with Crippen molar-refractivity contribution in [2.75, 3.05) is 7.11 Å². The molecule has 4 heteroatoms. The van der Waals surface area contributed by atoms with Crippen LogP contribution in [0.5, 0.6) is 5.75 Å². The predicted molar refractivity (Wildman–Crippen MR) is 62.2 cm³/mol. The molecule has 0 saturated heterocycles. The number of H-pyrrole nitrogens is 1. The van der Waals surface area contributed by atoms with Crippen molar-refractivity contribution in [3.63, 3.8) is 0 Å². The Kier molecular flexibility index (Phi) is 2.65. The minimum Gasteiger partial charge on any atom is -0.496 e. The summed E-state index contributed by atoms with van der Waals surface area (Å²) in [5.41, 5.74) is 2.55. The lowest BCUT2D eigenvalue weighted by atomic mass is 10.1. The zero-order chi connectivity index (χ0) is 10.8. The molecule has 76 valence electrons. The summed E-state index contributed by atoms with van der Waals surface area (Å²) < 4.78 is 5.35. The van der Waals surface area contributed by atoms with Gasteiger partial charge in [-0.3, -0.25) is 0 Å². The molecule has 15 heavy (non-hydrogen) atoms. The highest BCUT2D eigenvalue weighted by Gasteiger charge is 2.09. The third-order valence-corrected chi connectivity index (χ3v) is 2.91. The lowest BCUT2D eigenvalue weighted by Crippen LogP contribution is -1.89. The van der Waals surface area contributed by atoms with Crippen LogP contribution in [0.25, 0.3) is 10.9 Å². The third kappa shape index (κ3) is 1.59. The summed E-state index contributed by atoms with van der Waals surface area (Å²) >= 11 is 3.40. The normalized spacial score (nSPS) is 10.2. The van der Waals surface area contributed by atoms with Crippen molar-refractivity contribution < 1.29 is 4.74 Å². The molecule has 0 aliphatic rings. The molecule has 3 nitrogen and oxygen atoms in total. The first kappa shape index (κ1) is 10.1. The van der Waals surface area contributed by atoms with Gasteiger partial charge in [0.05, 0.1) is 12.6 Å². The van der Waals surface area contributed by atoms with Gasteiger partial charge in [0, 0.05) is 16.3 Å². The van der Waals surface area contributed by atoms with Gasteiger partial charge in [-0.25, -0.2) is 0 Å². The number of nitriles is 1. The summed E-state index contributed by atoms with van der Waals surface area (Å²) in [6, 6.07) is 7.82. The van der Waals surface area contributed by atoms with E-state index in [0.717, 1.165) is 27.5 Å². The van der Waals surface area contributed by atoms with E-state index in [1.54, 1.807) is 13.2 Å². The van der Waals surface area contributed by atoms with Crippen LogP contribution in [0.2, 0.25) is 0 Å². The van der Waals surface area contributed by atoms with E-state index in [0.29, 0.717) is 5.69 Å². The highest BCUT2D eigenvalue weighted by atomic mass is 79.9. The number of aromatic nitrogens is 1. The van der Waals surface area contributed by atoms with Gasteiger partial charge in [-0.1, -0.05) is 22.0 Å². The van der Waals surface area contributed by atoms with Crippen LogP contribution in [-0.2, 0) is 5.33 Å². The van der Waals surface area contributed by atoms with Crippen molar-refractivity contribution in [1.82, 2.24) is 4.98 Å². The summed E-state index contributed by atoms with van der Waals surface area (Å²) in [5.74, 6) is 0.821. The van der Waals surface area contributed by atoms with E-state index in [-0.39, 0.29) is 0 Å². The third-order valence-electron chi connectivity index (χ3n) is 2.30. The van der Waals surface area contributed by atoms with Crippen LogP contribution < -0.4 is 4.74 Å². The smallest absolute Gasteiger partial charge is 0.132 e. The number of nitrogens with zero attached hydrogens (tertiary/aromatic N) is 1. The maximum atomic E-state index is 8.80. The average molecular weight is 265 g/mol. The van der Waals surface area contributed by atoms with Crippen molar-refractivity contribution >= 4 is 26.8 Å². The number of rotatable bonds is 2. The van der Waals surface area contributed by atoms with Crippen molar-refractivity contribution in [2.24, 2.45) is 0 Å². The molecule has 0 spiro atoms. The lowest BCUT2D eigenvalue weighted by Gasteiger charge is -2.06. The second-order valence-corrected chi connectivity index (χ2v) is 3.71. The number of hydrogen-bond acceptors (Lipinski definition) is 2. The monoisotopic (exact) mass is 264 g/mol. The second-order valence-electron chi connectivity index (χ2n) is 3.15. The number of alkyl halides is 1. The molecule has 1 aromatic heterocycles. The Morgan fingerprint density at radius 2 is 2.33 bits per heavy atom. The molecule has 2 aromatic rings. The van der Waals surface area contributed by atoms with Crippen molar-refractivity contribution in [3.8, 4) is 11.8 Å². The van der Waals surface area contributed by atoms with Gasteiger partial charge >= 0.3 is 0 Å². The van der Waals surface area contributed by atoms with Gasteiger partial charge in [-0.2, -0.15) is 5.26 Å². The molecule has 0 radical (unpaired) electrons. The van der Waals surface area contributed by atoms with Crippen LogP contribution in [0.1, 0.15) is 11.3 Å². The Morgan fingerprint density at radius 1 is 1.53 bits per heavy atom. The van der Waals surface area contributed by atoms with Crippen molar-refractivity contribution in [3.05, 3.63) is 29.5 Å². The SMILES string of the molecule is COc1c(CBr)ccc2[nH]c(C#N)cc12. The van der Waals surface area contributed by atoms with Gasteiger partial charge < -0.3 is 9.72 Å². The zero-order valence-corrected chi connectivity index (χ0v) is 9.76. The molecule has 0 amide bonds. The van der Waals surface area contributed by atoms with Crippen molar-refractivity contribution in [2.45, 2.75) is 5.33 Å². The first-order chi connectivity index (χ1) is 7.30. The van der Waals surface area contributed by atoms with Gasteiger partial charge in [0.25, 0.3) is 0 Å². The van der Waals surface area contributed by atoms with E-state index in [1.165, 1.54) is 0 Å². The highest BCUT2D eigenvalue weighted by Crippen LogP contribution is 2.31. The first-order valence-corrected chi connectivity index (χ1v) is 5.57. The highest BCUT2D eigenvalue weighted by molar-refractivity contribution is 9.08. The zero-order valence-electron chi connectivity index (χ0n) is 8.17. The van der Waals surface area contributed by atoms with E-state index < -0.39 is 0 Å². The molecule has 0 bridgehead atoms. The Bertz CT molecular complexity index is 539. The van der Waals surface area contributed by atoms with Gasteiger partial charge in [-0.05, 0) is 12.1 Å². The van der Waals surface area contributed by atoms with Gasteiger partial charge in [0.2, 0.25) is 0 Å². The maximum Gasteiger partial charge on any atom is 0.132 e. The van der Waals surface area contributed by atoms with Crippen molar-refractivity contribution in [1.29, 1.82) is 5.26 Å². The molecule has 2 rings (SSSR count). The topological polar surface area (TPSA) is 48.8 Å². The molecular formula is C11H9BrN2O. The molecule has 1 aromatic carbocycles. The summed E-state index contributed by atoms with van der Waals surface area (Å²) in [7, 11) is 1.64. The lowest BCUT2D eigenvalue weighted by molar-refractivity contribution is 0.416. The molecule has 0 atom stereocenters. The van der Waals surface area contributed by atoms with Crippen LogP contribution in [0, 0.1) is 11.3 Å². The number of nitrogens with one attached hydrogen (secondary N) is 1. The fraction of sp³-hybridized carbons (Fsp3) is 0.182. The summed E-state index contributed by atoms with van der Waals surface area (Å²) in [6.45, 7) is 0. The second kappa shape index (κ2) is 3.95. The number of methoxy groups -OCH3 is 1. The maximum absolute atomic E-state index is 8.80. The van der Waals surface area contributed by atoms with Crippen LogP contribution in [0.15, 0.2) is 18.2 Å². The number of fused-ring (bicyclic) bond motifs is 1. The average Bonchev–Trinajstić information content (AvgIpc) is 2.70. The fourth-order valence-electron chi connectivity index (χ4n) is 1.63. The summed E-state index contributed by atoms with van der Waals surface area (Å²) in [5, 5.41) is 10.5. The van der Waals surface area contributed by atoms with Crippen LogP contribution in [0.4, 0.5) is 0 Å².